The van der Waals surface area contributed by atoms with Crippen LogP contribution in [0.4, 0.5) is 0 Å². The molecule has 0 bridgehead atoms. The van der Waals surface area contributed by atoms with Gasteiger partial charge in [0.25, 0.3) is 0 Å². The molecule has 0 saturated carbocycles. The molecule has 1 aromatic heterocycles. The molecule has 2 heterocycles. The van der Waals surface area contributed by atoms with Crippen molar-refractivity contribution in [1.29, 1.82) is 0 Å². The SMILES string of the molecule is Cc1cc(C2SCC(=O)N2CCOc2ccccc2)oc1C. The number of carbonyl (C=O) groups is 1. The lowest BCUT2D eigenvalue weighted by atomic mass is 10.3. The van der Waals surface area contributed by atoms with Crippen molar-refractivity contribution in [2.45, 2.75) is 19.2 Å². The van der Waals surface area contributed by atoms with Crippen molar-refractivity contribution in [3.63, 3.8) is 0 Å². The van der Waals surface area contributed by atoms with Gasteiger partial charge in [0.05, 0.1) is 12.3 Å². The van der Waals surface area contributed by atoms with E-state index in [1.807, 2.05) is 55.1 Å². The normalized spacial score (nSPS) is 18.0. The molecule has 1 amide bonds. The van der Waals surface area contributed by atoms with E-state index in [0.717, 1.165) is 22.8 Å². The van der Waals surface area contributed by atoms with Crippen LogP contribution in [0, 0.1) is 13.8 Å². The molecule has 22 heavy (non-hydrogen) atoms. The first kappa shape index (κ1) is 15.0. The number of hydrogen-bond acceptors (Lipinski definition) is 4. The lowest BCUT2D eigenvalue weighted by molar-refractivity contribution is -0.128. The van der Waals surface area contributed by atoms with E-state index in [1.165, 1.54) is 0 Å². The molecule has 3 rings (SSSR count). The molecule has 116 valence electrons. The number of amides is 1. The van der Waals surface area contributed by atoms with E-state index in [0.29, 0.717) is 18.9 Å². The van der Waals surface area contributed by atoms with Crippen molar-refractivity contribution in [3.8, 4) is 5.75 Å². The number of nitrogens with zero attached hydrogens (tertiary/aromatic N) is 1. The van der Waals surface area contributed by atoms with Crippen LogP contribution in [0.2, 0.25) is 0 Å². The van der Waals surface area contributed by atoms with E-state index in [-0.39, 0.29) is 11.3 Å². The maximum Gasteiger partial charge on any atom is 0.234 e. The molecule has 0 aliphatic carbocycles. The monoisotopic (exact) mass is 317 g/mol. The van der Waals surface area contributed by atoms with Gasteiger partial charge in [-0.1, -0.05) is 18.2 Å². The van der Waals surface area contributed by atoms with Crippen molar-refractivity contribution in [3.05, 3.63) is 53.5 Å². The van der Waals surface area contributed by atoms with Gasteiger partial charge in [-0.3, -0.25) is 4.79 Å². The second-order valence-corrected chi connectivity index (χ2v) is 6.37. The summed E-state index contributed by atoms with van der Waals surface area (Å²) in [7, 11) is 0. The van der Waals surface area contributed by atoms with Crippen LogP contribution < -0.4 is 4.74 Å². The van der Waals surface area contributed by atoms with Crippen LogP contribution in [-0.2, 0) is 4.79 Å². The summed E-state index contributed by atoms with van der Waals surface area (Å²) in [6.45, 7) is 5.01. The summed E-state index contributed by atoms with van der Waals surface area (Å²) < 4.78 is 11.5. The van der Waals surface area contributed by atoms with Crippen LogP contribution in [0.5, 0.6) is 5.75 Å². The number of furan rings is 1. The van der Waals surface area contributed by atoms with E-state index in [4.69, 9.17) is 9.15 Å². The molecule has 0 spiro atoms. The highest BCUT2D eigenvalue weighted by Gasteiger charge is 2.34. The van der Waals surface area contributed by atoms with Crippen molar-refractivity contribution < 1.29 is 13.9 Å². The highest BCUT2D eigenvalue weighted by atomic mass is 32.2. The topological polar surface area (TPSA) is 42.7 Å². The van der Waals surface area contributed by atoms with Gasteiger partial charge >= 0.3 is 0 Å². The van der Waals surface area contributed by atoms with Crippen molar-refractivity contribution in [2.75, 3.05) is 18.9 Å². The highest BCUT2D eigenvalue weighted by Crippen LogP contribution is 2.39. The number of benzene rings is 1. The molecule has 1 aliphatic rings. The van der Waals surface area contributed by atoms with Gasteiger partial charge in [0, 0.05) is 0 Å². The number of carbonyl (C=O) groups excluding carboxylic acids is 1. The van der Waals surface area contributed by atoms with Gasteiger partial charge in [0.2, 0.25) is 5.91 Å². The minimum atomic E-state index is -0.0423. The number of para-hydroxylation sites is 1. The number of thioether (sulfide) groups is 1. The highest BCUT2D eigenvalue weighted by molar-refractivity contribution is 8.00. The predicted octanol–water partition coefficient (Wildman–Crippen LogP) is 3.55. The quantitative estimate of drug-likeness (QED) is 0.846. The standard InChI is InChI=1S/C17H19NO3S/c1-12-10-15(21-13(12)2)17-18(16(19)11-22-17)8-9-20-14-6-4-3-5-7-14/h3-7,10,17H,8-9,11H2,1-2H3. The Labute approximate surface area is 134 Å². The summed E-state index contributed by atoms with van der Waals surface area (Å²) in [4.78, 5) is 13.9. The Balaban J connectivity index is 1.64. The van der Waals surface area contributed by atoms with Gasteiger partial charge in [0.15, 0.2) is 0 Å². The van der Waals surface area contributed by atoms with Crippen molar-refractivity contribution in [2.24, 2.45) is 0 Å². The molecule has 1 aliphatic heterocycles. The van der Waals surface area contributed by atoms with Gasteiger partial charge in [-0.2, -0.15) is 0 Å². The van der Waals surface area contributed by atoms with Crippen LogP contribution in [-0.4, -0.2) is 29.7 Å². The molecular weight excluding hydrogens is 298 g/mol. The van der Waals surface area contributed by atoms with Crippen LogP contribution >= 0.6 is 11.8 Å². The number of ether oxygens (including phenoxy) is 1. The average Bonchev–Trinajstić information content (AvgIpc) is 3.04. The second-order valence-electron chi connectivity index (χ2n) is 5.30. The first-order valence-corrected chi connectivity index (χ1v) is 8.36. The minimum Gasteiger partial charge on any atom is -0.492 e. The largest absolute Gasteiger partial charge is 0.492 e. The van der Waals surface area contributed by atoms with Crippen LogP contribution in [0.25, 0.3) is 0 Å². The fourth-order valence-electron chi connectivity index (χ4n) is 2.43. The number of rotatable bonds is 5. The zero-order chi connectivity index (χ0) is 15.5. The molecule has 5 heteroatoms. The smallest absolute Gasteiger partial charge is 0.234 e. The maximum absolute atomic E-state index is 12.1. The van der Waals surface area contributed by atoms with E-state index in [1.54, 1.807) is 11.8 Å². The number of hydrogen-bond donors (Lipinski definition) is 0. The third kappa shape index (κ3) is 3.14. The first-order chi connectivity index (χ1) is 10.6. The Morgan fingerprint density at radius 2 is 2.09 bits per heavy atom. The van der Waals surface area contributed by atoms with Crippen LogP contribution in [0.1, 0.15) is 22.5 Å². The third-order valence-corrected chi connectivity index (χ3v) is 4.96. The lowest BCUT2D eigenvalue weighted by Gasteiger charge is -2.22. The van der Waals surface area contributed by atoms with Crippen molar-refractivity contribution in [1.82, 2.24) is 4.90 Å². The minimum absolute atomic E-state index is 0.0423. The van der Waals surface area contributed by atoms with Gasteiger partial charge < -0.3 is 14.1 Å². The molecule has 2 aromatic rings. The van der Waals surface area contributed by atoms with Crippen LogP contribution in [0.3, 0.4) is 0 Å². The molecule has 0 radical (unpaired) electrons. The molecule has 4 nitrogen and oxygen atoms in total. The van der Waals surface area contributed by atoms with E-state index in [2.05, 4.69) is 0 Å². The molecule has 1 fully saturated rings. The molecule has 0 N–H and O–H groups in total. The Morgan fingerprint density at radius 1 is 1.32 bits per heavy atom. The van der Waals surface area contributed by atoms with Gasteiger partial charge in [-0.15, -0.1) is 11.8 Å². The zero-order valence-electron chi connectivity index (χ0n) is 12.7. The first-order valence-electron chi connectivity index (χ1n) is 7.31. The average molecular weight is 317 g/mol. The van der Waals surface area contributed by atoms with Gasteiger partial charge in [-0.05, 0) is 37.6 Å². The van der Waals surface area contributed by atoms with Crippen molar-refractivity contribution >= 4 is 17.7 Å². The lowest BCUT2D eigenvalue weighted by Crippen LogP contribution is -2.32. The Kier molecular flexibility index (Phi) is 4.43. The molecule has 1 unspecified atom stereocenters. The number of aryl methyl sites for hydroxylation is 2. The Bertz CT molecular complexity index is 634. The van der Waals surface area contributed by atoms with E-state index >= 15 is 0 Å². The fourth-order valence-corrected chi connectivity index (χ4v) is 3.58. The Morgan fingerprint density at radius 3 is 2.77 bits per heavy atom. The van der Waals surface area contributed by atoms with Gasteiger partial charge in [0.1, 0.15) is 29.3 Å². The maximum atomic E-state index is 12.1. The summed E-state index contributed by atoms with van der Waals surface area (Å²) >= 11 is 1.61. The molecule has 1 aromatic carbocycles. The summed E-state index contributed by atoms with van der Waals surface area (Å²) in [6, 6.07) is 11.7. The summed E-state index contributed by atoms with van der Waals surface area (Å²) in [5.74, 6) is 3.22. The summed E-state index contributed by atoms with van der Waals surface area (Å²) in [5, 5.41) is -0.0423. The Hall–Kier alpha value is -1.88. The zero-order valence-corrected chi connectivity index (χ0v) is 13.6. The second kappa shape index (κ2) is 6.48. The summed E-state index contributed by atoms with van der Waals surface area (Å²) in [6.07, 6.45) is 0. The summed E-state index contributed by atoms with van der Waals surface area (Å²) in [5.41, 5.74) is 1.12. The predicted molar refractivity (Wildman–Crippen MR) is 87.0 cm³/mol. The molecule has 1 atom stereocenters. The van der Waals surface area contributed by atoms with Crippen LogP contribution in [0.15, 0.2) is 40.8 Å². The molecule has 1 saturated heterocycles. The third-order valence-electron chi connectivity index (χ3n) is 3.74. The molecular formula is C17H19NO3S. The fraction of sp³-hybridized carbons (Fsp3) is 0.353. The van der Waals surface area contributed by atoms with E-state index < -0.39 is 0 Å². The van der Waals surface area contributed by atoms with Gasteiger partial charge in [-0.25, -0.2) is 0 Å². The van der Waals surface area contributed by atoms with E-state index in [9.17, 15) is 4.79 Å².